The van der Waals surface area contributed by atoms with Crippen molar-refractivity contribution in [1.82, 2.24) is 4.90 Å². The molecular weight excluding hydrogens is 382 g/mol. The highest BCUT2D eigenvalue weighted by Crippen LogP contribution is 2.40. The topological polar surface area (TPSA) is 49.7 Å². The van der Waals surface area contributed by atoms with E-state index in [-0.39, 0.29) is 22.8 Å². The van der Waals surface area contributed by atoms with Crippen molar-refractivity contribution in [3.05, 3.63) is 83.1 Å². The molecule has 2 heterocycles. The van der Waals surface area contributed by atoms with Crippen LogP contribution in [0.2, 0.25) is 0 Å². The van der Waals surface area contributed by atoms with Crippen molar-refractivity contribution in [2.75, 3.05) is 12.3 Å². The molecule has 0 radical (unpaired) electrons. The van der Waals surface area contributed by atoms with Gasteiger partial charge in [0.05, 0.1) is 5.75 Å². The molecule has 0 aromatic heterocycles. The number of halogens is 2. The van der Waals surface area contributed by atoms with Gasteiger partial charge in [0, 0.05) is 35.4 Å². The fourth-order valence-corrected chi connectivity index (χ4v) is 4.53. The van der Waals surface area contributed by atoms with Crippen LogP contribution in [-0.4, -0.2) is 31.5 Å². The molecule has 2 aliphatic heterocycles. The molecule has 146 valence electrons. The summed E-state index contributed by atoms with van der Waals surface area (Å²) in [6.07, 6.45) is 10.5. The maximum absolute atomic E-state index is 14.9. The van der Waals surface area contributed by atoms with Gasteiger partial charge in [0.15, 0.2) is 0 Å². The van der Waals surface area contributed by atoms with Gasteiger partial charge in [-0.3, -0.25) is 0 Å². The van der Waals surface area contributed by atoms with Gasteiger partial charge in [-0.25, -0.2) is 8.42 Å². The lowest BCUT2D eigenvalue weighted by atomic mass is 9.85. The van der Waals surface area contributed by atoms with Gasteiger partial charge >= 0.3 is 0 Å². The SMILES string of the molecule is Cc1ccc(C(F)(F)C2=CCC(C3=CC=CN4CCS(=O)(=O)N=C34)C=C2)cc1. The first-order chi connectivity index (χ1) is 13.3. The fraction of sp³-hybridized carbons (Fsp3) is 0.286. The number of aryl methyl sites for hydroxylation is 1. The molecule has 1 unspecified atom stereocenters. The second-order valence-corrected chi connectivity index (χ2v) is 8.91. The van der Waals surface area contributed by atoms with Crippen LogP contribution in [-0.2, 0) is 15.9 Å². The van der Waals surface area contributed by atoms with Gasteiger partial charge in [0.2, 0.25) is 0 Å². The van der Waals surface area contributed by atoms with Crippen LogP contribution >= 0.6 is 0 Å². The second kappa shape index (κ2) is 6.81. The largest absolute Gasteiger partial charge is 0.331 e. The van der Waals surface area contributed by atoms with Crippen LogP contribution in [0.4, 0.5) is 8.78 Å². The molecule has 0 saturated heterocycles. The zero-order valence-electron chi connectivity index (χ0n) is 15.3. The summed E-state index contributed by atoms with van der Waals surface area (Å²) >= 11 is 0. The predicted molar refractivity (Wildman–Crippen MR) is 106 cm³/mol. The van der Waals surface area contributed by atoms with E-state index < -0.39 is 15.9 Å². The Hall–Kier alpha value is -2.54. The molecule has 0 spiro atoms. The Kier molecular flexibility index (Phi) is 4.57. The molecule has 1 aromatic rings. The molecule has 3 aliphatic rings. The van der Waals surface area contributed by atoms with Gasteiger partial charge in [-0.2, -0.15) is 8.78 Å². The number of sulfonamides is 1. The summed E-state index contributed by atoms with van der Waals surface area (Å²) in [7, 11) is -3.49. The van der Waals surface area contributed by atoms with Gasteiger partial charge in [-0.15, -0.1) is 4.40 Å². The van der Waals surface area contributed by atoms with Gasteiger partial charge < -0.3 is 4.90 Å². The number of fused-ring (bicyclic) bond motifs is 1. The quantitative estimate of drug-likeness (QED) is 0.765. The standard InChI is InChI=1S/C21H20F2N2O2S/c1-15-4-8-17(9-5-15)21(22,23)18-10-6-16(7-11-18)19-3-2-12-25-13-14-28(26,27)24-20(19)25/h2-6,8-12,16H,7,13-14H2,1H3. The highest BCUT2D eigenvalue weighted by Gasteiger charge is 2.37. The van der Waals surface area contributed by atoms with E-state index in [2.05, 4.69) is 4.40 Å². The first-order valence-electron chi connectivity index (χ1n) is 9.08. The first-order valence-corrected chi connectivity index (χ1v) is 10.7. The van der Waals surface area contributed by atoms with E-state index in [1.165, 1.54) is 24.3 Å². The summed E-state index contributed by atoms with van der Waals surface area (Å²) in [5.41, 5.74) is 1.57. The molecule has 0 bridgehead atoms. The number of benzene rings is 1. The van der Waals surface area contributed by atoms with Crippen molar-refractivity contribution in [3.8, 4) is 0 Å². The molecule has 4 nitrogen and oxygen atoms in total. The Morgan fingerprint density at radius 1 is 1.21 bits per heavy atom. The maximum atomic E-state index is 14.9. The van der Waals surface area contributed by atoms with Crippen molar-refractivity contribution in [1.29, 1.82) is 0 Å². The summed E-state index contributed by atoms with van der Waals surface area (Å²) in [6, 6.07) is 6.25. The number of alkyl halides is 2. The molecule has 0 N–H and O–H groups in total. The van der Waals surface area contributed by atoms with Crippen LogP contribution in [0.25, 0.3) is 0 Å². The monoisotopic (exact) mass is 402 g/mol. The second-order valence-electron chi connectivity index (χ2n) is 7.16. The van der Waals surface area contributed by atoms with E-state index in [4.69, 9.17) is 0 Å². The molecule has 1 aromatic carbocycles. The number of hydrogen-bond donors (Lipinski definition) is 0. The van der Waals surface area contributed by atoms with E-state index in [0.29, 0.717) is 18.8 Å². The third-order valence-electron chi connectivity index (χ3n) is 5.16. The Labute approximate surface area is 163 Å². The third kappa shape index (κ3) is 3.46. The molecule has 1 atom stereocenters. The lowest BCUT2D eigenvalue weighted by Gasteiger charge is -2.32. The van der Waals surface area contributed by atoms with Gasteiger partial charge in [0.25, 0.3) is 15.9 Å². The molecule has 0 amide bonds. The smallest absolute Gasteiger partial charge is 0.298 e. The van der Waals surface area contributed by atoms with E-state index in [1.54, 1.807) is 29.3 Å². The van der Waals surface area contributed by atoms with Crippen LogP contribution in [0.5, 0.6) is 0 Å². The van der Waals surface area contributed by atoms with Crippen molar-refractivity contribution in [3.63, 3.8) is 0 Å². The average Bonchev–Trinajstić information content (AvgIpc) is 2.67. The van der Waals surface area contributed by atoms with E-state index >= 15 is 0 Å². The van der Waals surface area contributed by atoms with Crippen molar-refractivity contribution in [2.24, 2.45) is 10.3 Å². The number of rotatable bonds is 3. The summed E-state index contributed by atoms with van der Waals surface area (Å²) in [6.45, 7) is 2.20. The molecule has 1 aliphatic carbocycles. The van der Waals surface area contributed by atoms with Crippen molar-refractivity contribution >= 4 is 15.9 Å². The molecular formula is C21H20F2N2O2S. The minimum atomic E-state index is -3.49. The number of amidine groups is 1. The van der Waals surface area contributed by atoms with Crippen LogP contribution < -0.4 is 0 Å². The van der Waals surface area contributed by atoms with E-state index in [9.17, 15) is 17.2 Å². The van der Waals surface area contributed by atoms with Crippen LogP contribution in [0.1, 0.15) is 17.5 Å². The normalized spacial score (nSPS) is 23.6. The zero-order chi connectivity index (χ0) is 19.9. The first kappa shape index (κ1) is 18.8. The van der Waals surface area contributed by atoms with Crippen LogP contribution in [0, 0.1) is 12.8 Å². The Morgan fingerprint density at radius 2 is 1.96 bits per heavy atom. The van der Waals surface area contributed by atoms with E-state index in [1.807, 2.05) is 19.1 Å². The molecule has 0 saturated carbocycles. The lowest BCUT2D eigenvalue weighted by Crippen LogP contribution is -2.39. The Balaban J connectivity index is 1.58. The van der Waals surface area contributed by atoms with Crippen molar-refractivity contribution < 1.29 is 17.2 Å². The summed E-state index contributed by atoms with van der Waals surface area (Å²) in [5.74, 6) is -2.91. The number of nitrogens with zero attached hydrogens (tertiary/aromatic N) is 2. The minimum absolute atomic E-state index is 0.0263. The number of allylic oxidation sites excluding steroid dienone is 6. The predicted octanol–water partition coefficient (Wildman–Crippen LogP) is 4.09. The van der Waals surface area contributed by atoms with E-state index in [0.717, 1.165) is 11.1 Å². The zero-order valence-corrected chi connectivity index (χ0v) is 16.2. The highest BCUT2D eigenvalue weighted by molar-refractivity contribution is 7.90. The molecule has 28 heavy (non-hydrogen) atoms. The Bertz CT molecular complexity index is 1050. The molecule has 0 fully saturated rings. The molecule has 7 heteroatoms. The minimum Gasteiger partial charge on any atom is -0.331 e. The molecule has 4 rings (SSSR count). The fourth-order valence-electron chi connectivity index (χ4n) is 3.54. The summed E-state index contributed by atoms with van der Waals surface area (Å²) in [4.78, 5) is 1.80. The highest BCUT2D eigenvalue weighted by atomic mass is 32.2. The van der Waals surface area contributed by atoms with Gasteiger partial charge in [-0.1, -0.05) is 54.1 Å². The third-order valence-corrected chi connectivity index (χ3v) is 6.31. The number of hydrogen-bond acceptors (Lipinski definition) is 3. The lowest BCUT2D eigenvalue weighted by molar-refractivity contribution is 0.0412. The van der Waals surface area contributed by atoms with Crippen molar-refractivity contribution in [2.45, 2.75) is 19.3 Å². The van der Waals surface area contributed by atoms with Crippen LogP contribution in [0.3, 0.4) is 0 Å². The van der Waals surface area contributed by atoms with Gasteiger partial charge in [-0.05, 0) is 19.4 Å². The average molecular weight is 402 g/mol. The summed E-state index contributed by atoms with van der Waals surface area (Å²) in [5, 5.41) is 0. The summed E-state index contributed by atoms with van der Waals surface area (Å²) < 4.78 is 57.4. The Morgan fingerprint density at radius 3 is 2.64 bits per heavy atom. The maximum Gasteiger partial charge on any atom is 0.298 e. The van der Waals surface area contributed by atoms with Crippen LogP contribution in [0.15, 0.2) is 76.4 Å². The van der Waals surface area contributed by atoms with Gasteiger partial charge in [0.1, 0.15) is 5.84 Å².